The van der Waals surface area contributed by atoms with Crippen LogP contribution in [-0.2, 0) is 13.0 Å². The number of carbonyl (C=O) groups is 1. The summed E-state index contributed by atoms with van der Waals surface area (Å²) in [6.07, 6.45) is 3.30. The lowest BCUT2D eigenvalue weighted by molar-refractivity contribution is 0.0918. The molecule has 0 bridgehead atoms. The second-order valence-corrected chi connectivity index (χ2v) is 8.90. The molecular formula is C23H22ClF2N3O. The number of carbonyl (C=O) groups excluding carboxylic acids is 1. The number of halogens is 3. The van der Waals surface area contributed by atoms with Crippen molar-refractivity contribution in [3.8, 4) is 0 Å². The van der Waals surface area contributed by atoms with Gasteiger partial charge in [-0.3, -0.25) is 9.48 Å². The van der Waals surface area contributed by atoms with Crippen LogP contribution in [0.15, 0.2) is 48.7 Å². The minimum atomic E-state index is -1.04. The Hall–Kier alpha value is -2.73. The van der Waals surface area contributed by atoms with Crippen molar-refractivity contribution >= 4 is 17.5 Å². The highest BCUT2D eigenvalue weighted by Crippen LogP contribution is 2.41. The lowest BCUT2D eigenvalue weighted by Crippen LogP contribution is -2.37. The van der Waals surface area contributed by atoms with Crippen LogP contribution in [0.5, 0.6) is 0 Å². The third-order valence-electron chi connectivity index (χ3n) is 5.52. The van der Waals surface area contributed by atoms with Crippen LogP contribution in [0.4, 0.5) is 8.78 Å². The molecular weight excluding hydrogens is 408 g/mol. The molecule has 30 heavy (non-hydrogen) atoms. The molecule has 1 aliphatic rings. The van der Waals surface area contributed by atoms with Crippen molar-refractivity contribution in [1.29, 1.82) is 0 Å². The number of nitrogens with one attached hydrogen (secondary N) is 1. The van der Waals surface area contributed by atoms with Gasteiger partial charge in [-0.05, 0) is 48.1 Å². The van der Waals surface area contributed by atoms with Gasteiger partial charge in [-0.15, -0.1) is 0 Å². The second-order valence-electron chi connectivity index (χ2n) is 8.50. The highest BCUT2D eigenvalue weighted by atomic mass is 35.5. The Morgan fingerprint density at radius 2 is 2.00 bits per heavy atom. The molecule has 2 aromatic carbocycles. The number of aromatic nitrogens is 2. The van der Waals surface area contributed by atoms with Gasteiger partial charge in [0.2, 0.25) is 0 Å². The van der Waals surface area contributed by atoms with Crippen LogP contribution >= 0.6 is 11.6 Å². The van der Waals surface area contributed by atoms with E-state index < -0.39 is 17.5 Å². The number of nitrogens with zero attached hydrogens (tertiary/aromatic N) is 2. The van der Waals surface area contributed by atoms with Gasteiger partial charge in [-0.2, -0.15) is 5.10 Å². The maximum absolute atomic E-state index is 13.5. The molecule has 1 unspecified atom stereocenters. The maximum Gasteiger partial charge on any atom is 0.251 e. The fourth-order valence-corrected chi connectivity index (χ4v) is 4.22. The molecule has 1 heterocycles. The molecule has 0 saturated heterocycles. The Kier molecular flexibility index (Phi) is 5.36. The smallest absolute Gasteiger partial charge is 0.251 e. The summed E-state index contributed by atoms with van der Waals surface area (Å²) in [4.78, 5) is 12.7. The number of rotatable bonds is 4. The topological polar surface area (TPSA) is 46.9 Å². The summed E-state index contributed by atoms with van der Waals surface area (Å²) in [5, 5.41) is 8.21. The van der Waals surface area contributed by atoms with E-state index in [1.165, 1.54) is 6.07 Å². The lowest BCUT2D eigenvalue weighted by atomic mass is 9.74. The minimum Gasteiger partial charge on any atom is -0.345 e. The van der Waals surface area contributed by atoms with Crippen molar-refractivity contribution in [2.75, 3.05) is 0 Å². The third kappa shape index (κ3) is 4.10. The van der Waals surface area contributed by atoms with Crippen LogP contribution in [0.25, 0.3) is 0 Å². The molecule has 156 valence electrons. The Morgan fingerprint density at radius 1 is 1.23 bits per heavy atom. The molecule has 0 spiro atoms. The Morgan fingerprint density at radius 3 is 2.73 bits per heavy atom. The summed E-state index contributed by atoms with van der Waals surface area (Å²) in [6.45, 7) is 4.81. The number of fused-ring (bicyclic) bond motifs is 1. The van der Waals surface area contributed by atoms with Crippen LogP contribution in [0.1, 0.15) is 53.5 Å². The predicted molar refractivity (Wildman–Crippen MR) is 111 cm³/mol. The number of benzene rings is 2. The quantitative estimate of drug-likeness (QED) is 0.611. The van der Waals surface area contributed by atoms with Crippen LogP contribution in [0.3, 0.4) is 0 Å². The van der Waals surface area contributed by atoms with E-state index in [-0.39, 0.29) is 17.0 Å². The van der Waals surface area contributed by atoms with Gasteiger partial charge in [0.15, 0.2) is 11.6 Å². The molecule has 1 aliphatic carbocycles. The van der Waals surface area contributed by atoms with Crippen molar-refractivity contribution in [3.63, 3.8) is 0 Å². The molecule has 0 aliphatic heterocycles. The fraction of sp³-hybridized carbons (Fsp3) is 0.304. The van der Waals surface area contributed by atoms with E-state index in [4.69, 9.17) is 11.6 Å². The average Bonchev–Trinajstić information content (AvgIpc) is 3.07. The monoisotopic (exact) mass is 429 g/mol. The molecule has 4 nitrogen and oxygen atoms in total. The van der Waals surface area contributed by atoms with Gasteiger partial charge in [0.05, 0.1) is 18.8 Å². The predicted octanol–water partition coefficient (Wildman–Crippen LogP) is 5.31. The number of hydrogen-bond donors (Lipinski definition) is 1. The van der Waals surface area contributed by atoms with E-state index in [1.54, 1.807) is 6.20 Å². The molecule has 0 fully saturated rings. The van der Waals surface area contributed by atoms with Crippen LogP contribution in [0.2, 0.25) is 5.02 Å². The summed E-state index contributed by atoms with van der Waals surface area (Å²) in [5.41, 5.74) is 2.97. The van der Waals surface area contributed by atoms with Crippen LogP contribution in [-0.4, -0.2) is 15.7 Å². The zero-order valence-corrected chi connectivity index (χ0v) is 17.5. The molecule has 0 radical (unpaired) electrons. The summed E-state index contributed by atoms with van der Waals surface area (Å²) in [6, 6.07) is 10.5. The van der Waals surface area contributed by atoms with Gasteiger partial charge >= 0.3 is 0 Å². The molecule has 1 amide bonds. The molecule has 1 N–H and O–H groups in total. The molecule has 1 atom stereocenters. The largest absolute Gasteiger partial charge is 0.345 e. The van der Waals surface area contributed by atoms with Crippen molar-refractivity contribution in [1.82, 2.24) is 15.1 Å². The van der Waals surface area contributed by atoms with Gasteiger partial charge in [0, 0.05) is 21.8 Å². The van der Waals surface area contributed by atoms with Gasteiger partial charge in [-0.1, -0.05) is 43.6 Å². The lowest BCUT2D eigenvalue weighted by Gasteiger charge is -2.36. The number of hydrogen-bond acceptors (Lipinski definition) is 2. The standard InChI is InChI=1S/C23H22ClF2N3O/c1-23(2)10-20(28-22(30)14-7-8-18(25)19(26)9-14)16-12-27-29(21(16)11-23)13-15-5-3-4-6-17(15)24/h3-9,12,20H,10-11,13H2,1-2H3,(H,28,30). The van der Waals surface area contributed by atoms with Crippen molar-refractivity contribution in [2.24, 2.45) is 5.41 Å². The van der Waals surface area contributed by atoms with Crippen LogP contribution < -0.4 is 5.32 Å². The van der Waals surface area contributed by atoms with Gasteiger partial charge < -0.3 is 5.32 Å². The molecule has 4 rings (SSSR count). The van der Waals surface area contributed by atoms with Crippen LogP contribution in [0, 0.1) is 17.0 Å². The normalized spacial score (nSPS) is 17.4. The van der Waals surface area contributed by atoms with E-state index in [0.29, 0.717) is 18.0 Å². The van der Waals surface area contributed by atoms with Gasteiger partial charge in [-0.25, -0.2) is 8.78 Å². The van der Waals surface area contributed by atoms with Crippen molar-refractivity contribution < 1.29 is 13.6 Å². The highest BCUT2D eigenvalue weighted by molar-refractivity contribution is 6.31. The maximum atomic E-state index is 13.5. The van der Waals surface area contributed by atoms with Crippen molar-refractivity contribution in [3.05, 3.63) is 87.7 Å². The van der Waals surface area contributed by atoms with E-state index in [9.17, 15) is 13.6 Å². The minimum absolute atomic E-state index is 0.0722. The van der Waals surface area contributed by atoms with E-state index in [1.807, 2.05) is 28.9 Å². The average molecular weight is 430 g/mol. The summed E-state index contributed by atoms with van der Waals surface area (Å²) in [5.74, 6) is -2.46. The molecule has 7 heteroatoms. The summed E-state index contributed by atoms with van der Waals surface area (Å²) < 4.78 is 28.7. The fourth-order valence-electron chi connectivity index (χ4n) is 4.03. The second kappa shape index (κ2) is 7.84. The SMILES string of the molecule is CC1(C)Cc2c(cnn2Cc2ccccc2Cl)C(NC(=O)c2ccc(F)c(F)c2)C1. The zero-order valence-electron chi connectivity index (χ0n) is 16.8. The van der Waals surface area contributed by atoms with Gasteiger partial charge in [0.25, 0.3) is 5.91 Å². The first-order valence-corrected chi connectivity index (χ1v) is 10.2. The first-order chi connectivity index (χ1) is 14.2. The summed E-state index contributed by atoms with van der Waals surface area (Å²) in [7, 11) is 0. The first-order valence-electron chi connectivity index (χ1n) is 9.77. The summed E-state index contributed by atoms with van der Waals surface area (Å²) >= 11 is 6.31. The molecule has 1 aromatic heterocycles. The number of amides is 1. The third-order valence-corrected chi connectivity index (χ3v) is 5.89. The highest BCUT2D eigenvalue weighted by Gasteiger charge is 2.36. The Labute approximate surface area is 178 Å². The Balaban J connectivity index is 1.62. The van der Waals surface area contributed by atoms with Gasteiger partial charge in [0.1, 0.15) is 0 Å². The Bertz CT molecular complexity index is 1110. The van der Waals surface area contributed by atoms with Crippen molar-refractivity contribution in [2.45, 2.75) is 39.3 Å². The molecule has 3 aromatic rings. The van der Waals surface area contributed by atoms with E-state index >= 15 is 0 Å². The zero-order chi connectivity index (χ0) is 21.5. The van der Waals surface area contributed by atoms with E-state index in [2.05, 4.69) is 24.3 Å². The molecule has 0 saturated carbocycles. The first kappa shape index (κ1) is 20.5. The van der Waals surface area contributed by atoms with E-state index in [0.717, 1.165) is 35.4 Å².